The van der Waals surface area contributed by atoms with Gasteiger partial charge in [0.15, 0.2) is 0 Å². The molecule has 3 aromatic carbocycles. The van der Waals surface area contributed by atoms with Gasteiger partial charge in [-0.3, -0.25) is 0 Å². The van der Waals surface area contributed by atoms with Gasteiger partial charge >= 0.3 is 12.1 Å². The fourth-order valence-corrected chi connectivity index (χ4v) is 4.12. The van der Waals surface area contributed by atoms with Gasteiger partial charge in [-0.1, -0.05) is 42.5 Å². The molecular weight excluding hydrogens is 450 g/mol. The van der Waals surface area contributed by atoms with Crippen LogP contribution in [0.15, 0.2) is 77.2 Å². The van der Waals surface area contributed by atoms with E-state index < -0.39 is 12.1 Å². The van der Waals surface area contributed by atoms with Crippen LogP contribution in [-0.4, -0.2) is 36.6 Å². The van der Waals surface area contributed by atoms with Crippen molar-refractivity contribution in [1.29, 1.82) is 5.41 Å². The van der Waals surface area contributed by atoms with E-state index in [1.165, 1.54) is 7.11 Å². The molecule has 5 rings (SSSR count). The molecular formula is C27H21NO7. The number of nitrogens with one attached hydrogen (secondary N) is 1. The fraction of sp³-hybridized carbons (Fsp3) is 0.0741. The molecule has 0 radical (unpaired) electrons. The molecule has 0 spiro atoms. The number of esters is 1. The van der Waals surface area contributed by atoms with Crippen molar-refractivity contribution >= 4 is 33.9 Å². The van der Waals surface area contributed by atoms with Crippen molar-refractivity contribution in [3.8, 4) is 28.2 Å². The van der Waals surface area contributed by atoms with E-state index in [1.54, 1.807) is 25.3 Å². The second kappa shape index (κ2) is 9.56. The van der Waals surface area contributed by atoms with Crippen molar-refractivity contribution in [2.45, 2.75) is 0 Å². The maximum absolute atomic E-state index is 12.6. The first-order chi connectivity index (χ1) is 16.8. The molecule has 0 unspecified atom stereocenters. The van der Waals surface area contributed by atoms with E-state index in [4.69, 9.17) is 34.3 Å². The van der Waals surface area contributed by atoms with Gasteiger partial charge in [0, 0.05) is 22.6 Å². The van der Waals surface area contributed by atoms with Gasteiger partial charge in [0.1, 0.15) is 17.1 Å². The quantitative estimate of drug-likeness (QED) is 0.171. The molecule has 1 aliphatic heterocycles. The number of carboxylic acid groups (broad SMARTS) is 2. The Kier molecular flexibility index (Phi) is 6.37. The summed E-state index contributed by atoms with van der Waals surface area (Å²) in [6.45, 7) is 0. The lowest BCUT2D eigenvalue weighted by Crippen LogP contribution is -2.06. The molecule has 176 valence electrons. The van der Waals surface area contributed by atoms with Gasteiger partial charge in [0.25, 0.3) is 0 Å². The van der Waals surface area contributed by atoms with Crippen LogP contribution >= 0.6 is 0 Å². The van der Waals surface area contributed by atoms with E-state index in [9.17, 15) is 4.79 Å². The first kappa shape index (κ1) is 23.3. The van der Waals surface area contributed by atoms with Crippen molar-refractivity contribution in [1.82, 2.24) is 0 Å². The van der Waals surface area contributed by atoms with Crippen molar-refractivity contribution in [2.24, 2.45) is 0 Å². The summed E-state index contributed by atoms with van der Waals surface area (Å²) >= 11 is 0. The highest BCUT2D eigenvalue weighted by Gasteiger charge is 2.24. The molecule has 1 aliphatic carbocycles. The van der Waals surface area contributed by atoms with Crippen LogP contribution in [0.25, 0.3) is 44.2 Å². The van der Waals surface area contributed by atoms with Crippen molar-refractivity contribution in [3.63, 3.8) is 0 Å². The minimum absolute atomic E-state index is 0.343. The van der Waals surface area contributed by atoms with Gasteiger partial charge in [-0.25, -0.2) is 9.59 Å². The van der Waals surface area contributed by atoms with E-state index in [1.807, 2.05) is 54.6 Å². The Morgan fingerprint density at radius 1 is 0.886 bits per heavy atom. The molecule has 3 aromatic rings. The van der Waals surface area contributed by atoms with Crippen molar-refractivity contribution in [2.75, 3.05) is 14.2 Å². The number of rotatable bonds is 3. The summed E-state index contributed by atoms with van der Waals surface area (Å²) in [7, 11) is 2.99. The van der Waals surface area contributed by atoms with Crippen LogP contribution in [0.1, 0.15) is 10.4 Å². The topological polar surface area (TPSA) is 130 Å². The van der Waals surface area contributed by atoms with Crippen LogP contribution in [0, 0.1) is 5.41 Å². The summed E-state index contributed by atoms with van der Waals surface area (Å²) in [5.74, 6) is 0.784. The zero-order chi connectivity index (χ0) is 25.1. The fourth-order valence-electron chi connectivity index (χ4n) is 4.12. The van der Waals surface area contributed by atoms with Gasteiger partial charge in [0.05, 0.1) is 30.5 Å². The first-order valence-corrected chi connectivity index (χ1v) is 10.5. The average Bonchev–Trinajstić information content (AvgIpc) is 2.86. The zero-order valence-electron chi connectivity index (χ0n) is 18.9. The SMILES string of the molecule is COC(=O)c1ccccc1-c1c2ccc(=N)cc-2oc2c1c(OC)cc1ccccc12.O=C(O)O. The highest BCUT2D eigenvalue weighted by atomic mass is 16.6. The number of ether oxygens (including phenoxy) is 2. The first-order valence-electron chi connectivity index (χ1n) is 10.5. The molecule has 0 saturated carbocycles. The molecule has 35 heavy (non-hydrogen) atoms. The van der Waals surface area contributed by atoms with Gasteiger partial charge in [-0.2, -0.15) is 0 Å². The number of hydrogen-bond donors (Lipinski definition) is 3. The molecule has 0 fully saturated rings. The monoisotopic (exact) mass is 471 g/mol. The smallest absolute Gasteiger partial charge is 0.496 e. The van der Waals surface area contributed by atoms with Gasteiger partial charge in [-0.05, 0) is 35.2 Å². The lowest BCUT2D eigenvalue weighted by molar-refractivity contribution is 0.0601. The largest absolute Gasteiger partial charge is 0.503 e. The minimum atomic E-state index is -1.83. The maximum atomic E-state index is 12.6. The third kappa shape index (κ3) is 4.37. The van der Waals surface area contributed by atoms with E-state index in [0.717, 1.165) is 27.3 Å². The Morgan fingerprint density at radius 2 is 1.57 bits per heavy atom. The Morgan fingerprint density at radius 3 is 2.29 bits per heavy atom. The Hall–Kier alpha value is -4.85. The number of hydrogen-bond acceptors (Lipinski definition) is 6. The lowest BCUT2D eigenvalue weighted by atomic mass is 9.89. The molecule has 1 heterocycles. The summed E-state index contributed by atoms with van der Waals surface area (Å²) in [5, 5.41) is 25.0. The van der Waals surface area contributed by atoms with Crippen LogP contribution in [0.5, 0.6) is 5.75 Å². The standard InChI is InChI=1S/C26H19NO4.CH2O3/c1-29-22-13-15-7-3-4-8-17(15)25-24(22)23(20-12-11-16(27)14-21(20)31-25)18-9-5-6-10-19(18)26(28)30-2;2-1(3)4/h3-14,27H,1-2H3;(H2,2,3,4). The highest BCUT2D eigenvalue weighted by Crippen LogP contribution is 2.46. The average molecular weight is 471 g/mol. The molecule has 2 aliphatic rings. The highest BCUT2D eigenvalue weighted by molar-refractivity contribution is 6.16. The second-order valence-corrected chi connectivity index (χ2v) is 7.51. The number of benzene rings is 4. The van der Waals surface area contributed by atoms with Crippen molar-refractivity contribution < 1.29 is 33.7 Å². The molecule has 3 N–H and O–H groups in total. The van der Waals surface area contributed by atoms with E-state index in [0.29, 0.717) is 33.6 Å². The van der Waals surface area contributed by atoms with Crippen LogP contribution in [0.4, 0.5) is 4.79 Å². The summed E-state index contributed by atoms with van der Waals surface area (Å²) in [6.07, 6.45) is -1.83. The summed E-state index contributed by atoms with van der Waals surface area (Å²) < 4.78 is 17.2. The van der Waals surface area contributed by atoms with Gasteiger partial charge in [0.2, 0.25) is 0 Å². The predicted octanol–water partition coefficient (Wildman–Crippen LogP) is 5.85. The van der Waals surface area contributed by atoms with Crippen LogP contribution < -0.4 is 10.1 Å². The van der Waals surface area contributed by atoms with Crippen molar-refractivity contribution in [3.05, 3.63) is 83.7 Å². The lowest BCUT2D eigenvalue weighted by Gasteiger charge is -2.20. The predicted molar refractivity (Wildman–Crippen MR) is 130 cm³/mol. The molecule has 0 amide bonds. The normalized spacial score (nSPS) is 10.6. The van der Waals surface area contributed by atoms with Crippen LogP contribution in [-0.2, 0) is 4.74 Å². The second-order valence-electron chi connectivity index (χ2n) is 7.51. The molecule has 0 aromatic heterocycles. The Balaban J connectivity index is 0.000000672. The number of fused-ring (bicyclic) bond motifs is 4. The van der Waals surface area contributed by atoms with Crippen LogP contribution in [0.3, 0.4) is 0 Å². The van der Waals surface area contributed by atoms with E-state index >= 15 is 0 Å². The summed E-state index contributed by atoms with van der Waals surface area (Å²) in [5.41, 5.74) is 3.39. The zero-order valence-corrected chi connectivity index (χ0v) is 18.9. The summed E-state index contributed by atoms with van der Waals surface area (Å²) in [4.78, 5) is 21.1. The molecule has 8 nitrogen and oxygen atoms in total. The molecule has 0 atom stereocenters. The molecule has 8 heteroatoms. The van der Waals surface area contributed by atoms with Gasteiger partial charge < -0.3 is 29.5 Å². The van der Waals surface area contributed by atoms with E-state index in [-0.39, 0.29) is 0 Å². The molecule has 0 saturated heterocycles. The van der Waals surface area contributed by atoms with E-state index in [2.05, 4.69) is 0 Å². The third-order valence-electron chi connectivity index (χ3n) is 5.50. The van der Waals surface area contributed by atoms with Gasteiger partial charge in [-0.15, -0.1) is 0 Å². The summed E-state index contributed by atoms with van der Waals surface area (Å²) in [6, 6.07) is 22.5. The molecule has 0 bridgehead atoms. The Bertz CT molecular complexity index is 1600. The number of methoxy groups -OCH3 is 2. The number of carbonyl (C=O) groups excluding carboxylic acids is 1. The third-order valence-corrected chi connectivity index (χ3v) is 5.50. The maximum Gasteiger partial charge on any atom is 0.503 e. The van der Waals surface area contributed by atoms with Crippen LogP contribution in [0.2, 0.25) is 0 Å². The number of carbonyl (C=O) groups is 2. The minimum Gasteiger partial charge on any atom is -0.496 e. The Labute approximate surface area is 199 Å².